The lowest BCUT2D eigenvalue weighted by molar-refractivity contribution is -0.138. The van der Waals surface area contributed by atoms with Gasteiger partial charge in [0.2, 0.25) is 0 Å². The Kier molecular flexibility index (Phi) is 6.40. The second-order valence-electron chi connectivity index (χ2n) is 6.24. The number of ether oxygens (including phenoxy) is 2. The van der Waals surface area contributed by atoms with Crippen molar-refractivity contribution in [1.29, 1.82) is 0 Å². The Bertz CT molecular complexity index is 486. The molecule has 0 radical (unpaired) electrons. The molecule has 0 heterocycles. The van der Waals surface area contributed by atoms with E-state index in [0.717, 1.165) is 12.8 Å². The number of esters is 2. The van der Waals surface area contributed by atoms with Crippen molar-refractivity contribution in [3.8, 4) is 11.5 Å². The minimum absolute atomic E-state index is 0.149. The highest BCUT2D eigenvalue weighted by atomic mass is 16.6. The predicted octanol–water partition coefficient (Wildman–Crippen LogP) is 4.12. The van der Waals surface area contributed by atoms with Crippen LogP contribution in [-0.4, -0.2) is 11.9 Å². The maximum atomic E-state index is 11.9. The lowest BCUT2D eigenvalue weighted by Gasteiger charge is -2.17. The van der Waals surface area contributed by atoms with E-state index in [0.29, 0.717) is 18.6 Å². The van der Waals surface area contributed by atoms with Gasteiger partial charge < -0.3 is 9.47 Å². The SMILES string of the molecule is CCCCC(=O)Oc1ccccc1OC(=O)CC(C)(C)C. The molecular weight excluding hydrogens is 268 g/mol. The van der Waals surface area contributed by atoms with Crippen molar-refractivity contribution >= 4 is 11.9 Å². The van der Waals surface area contributed by atoms with Gasteiger partial charge in [-0.15, -0.1) is 0 Å². The molecule has 0 spiro atoms. The van der Waals surface area contributed by atoms with Gasteiger partial charge in [-0.1, -0.05) is 46.2 Å². The van der Waals surface area contributed by atoms with E-state index in [1.54, 1.807) is 24.3 Å². The zero-order valence-corrected chi connectivity index (χ0v) is 13.3. The van der Waals surface area contributed by atoms with Crippen LogP contribution >= 0.6 is 0 Å². The number of hydrogen-bond donors (Lipinski definition) is 0. The van der Waals surface area contributed by atoms with Gasteiger partial charge in [-0.05, 0) is 24.0 Å². The van der Waals surface area contributed by atoms with Gasteiger partial charge in [0.25, 0.3) is 0 Å². The van der Waals surface area contributed by atoms with Gasteiger partial charge in [0.05, 0.1) is 6.42 Å². The Morgan fingerprint density at radius 1 is 1.00 bits per heavy atom. The summed E-state index contributed by atoms with van der Waals surface area (Å²) in [5.41, 5.74) is -0.149. The monoisotopic (exact) mass is 292 g/mol. The molecule has 0 saturated carbocycles. The average Bonchev–Trinajstić information content (AvgIpc) is 2.36. The number of hydrogen-bond acceptors (Lipinski definition) is 4. The van der Waals surface area contributed by atoms with Crippen molar-refractivity contribution in [3.63, 3.8) is 0 Å². The first-order chi connectivity index (χ1) is 9.81. The minimum Gasteiger partial charge on any atom is -0.423 e. The summed E-state index contributed by atoms with van der Waals surface area (Å²) in [5.74, 6) is -0.0619. The molecule has 0 aliphatic carbocycles. The number of para-hydroxylation sites is 2. The molecule has 0 aliphatic heterocycles. The van der Waals surface area contributed by atoms with Crippen LogP contribution in [0.2, 0.25) is 0 Å². The van der Waals surface area contributed by atoms with Gasteiger partial charge in [-0.2, -0.15) is 0 Å². The molecule has 0 bridgehead atoms. The summed E-state index contributed by atoms with van der Waals surface area (Å²) in [7, 11) is 0. The van der Waals surface area contributed by atoms with Crippen LogP contribution in [0.3, 0.4) is 0 Å². The maximum absolute atomic E-state index is 11.9. The molecular formula is C17H24O4. The van der Waals surface area contributed by atoms with Gasteiger partial charge in [0.15, 0.2) is 11.5 Å². The Labute approximate surface area is 126 Å². The van der Waals surface area contributed by atoms with E-state index in [9.17, 15) is 9.59 Å². The highest BCUT2D eigenvalue weighted by Crippen LogP contribution is 2.28. The molecule has 1 aromatic rings. The van der Waals surface area contributed by atoms with Crippen LogP contribution in [-0.2, 0) is 9.59 Å². The fraction of sp³-hybridized carbons (Fsp3) is 0.529. The molecule has 116 valence electrons. The minimum atomic E-state index is -0.334. The summed E-state index contributed by atoms with van der Waals surface area (Å²) in [6, 6.07) is 6.74. The van der Waals surface area contributed by atoms with Crippen LogP contribution < -0.4 is 9.47 Å². The summed E-state index contributed by atoms with van der Waals surface area (Å²) < 4.78 is 10.6. The van der Waals surface area contributed by atoms with Crippen LogP contribution in [0.15, 0.2) is 24.3 Å². The molecule has 0 unspecified atom stereocenters. The first kappa shape index (κ1) is 17.2. The summed E-state index contributed by atoms with van der Waals surface area (Å²) in [4.78, 5) is 23.6. The van der Waals surface area contributed by atoms with Crippen molar-refractivity contribution < 1.29 is 19.1 Å². The summed E-state index contributed by atoms with van der Waals surface area (Å²) in [6.45, 7) is 7.90. The van der Waals surface area contributed by atoms with E-state index in [2.05, 4.69) is 0 Å². The normalized spacial score (nSPS) is 11.0. The number of benzene rings is 1. The van der Waals surface area contributed by atoms with Gasteiger partial charge >= 0.3 is 11.9 Å². The number of unbranched alkanes of at least 4 members (excludes halogenated alkanes) is 1. The van der Waals surface area contributed by atoms with Crippen molar-refractivity contribution in [2.45, 2.75) is 53.4 Å². The Morgan fingerprint density at radius 2 is 1.52 bits per heavy atom. The predicted molar refractivity (Wildman–Crippen MR) is 81.3 cm³/mol. The van der Waals surface area contributed by atoms with Crippen LogP contribution in [0.5, 0.6) is 11.5 Å². The van der Waals surface area contributed by atoms with Crippen LogP contribution in [0.25, 0.3) is 0 Å². The fourth-order valence-corrected chi connectivity index (χ4v) is 1.71. The summed E-state index contributed by atoms with van der Waals surface area (Å²) in [5, 5.41) is 0. The molecule has 1 rings (SSSR count). The van der Waals surface area contributed by atoms with Crippen LogP contribution in [0.1, 0.15) is 53.4 Å². The van der Waals surface area contributed by atoms with E-state index >= 15 is 0 Å². The highest BCUT2D eigenvalue weighted by Gasteiger charge is 2.19. The Hall–Kier alpha value is -1.84. The molecule has 1 aromatic carbocycles. The second kappa shape index (κ2) is 7.81. The van der Waals surface area contributed by atoms with Crippen LogP contribution in [0.4, 0.5) is 0 Å². The molecule has 0 atom stereocenters. The fourth-order valence-electron chi connectivity index (χ4n) is 1.71. The molecule has 4 heteroatoms. The number of carbonyl (C=O) groups excluding carboxylic acids is 2. The maximum Gasteiger partial charge on any atom is 0.311 e. The molecule has 21 heavy (non-hydrogen) atoms. The van der Waals surface area contributed by atoms with Crippen molar-refractivity contribution in [3.05, 3.63) is 24.3 Å². The van der Waals surface area contributed by atoms with Gasteiger partial charge in [0, 0.05) is 6.42 Å². The molecule has 0 amide bonds. The van der Waals surface area contributed by atoms with Gasteiger partial charge in [-0.3, -0.25) is 9.59 Å². The quantitative estimate of drug-likeness (QED) is 0.584. The van der Waals surface area contributed by atoms with E-state index in [1.165, 1.54) is 0 Å². The Balaban J connectivity index is 2.71. The molecule has 4 nitrogen and oxygen atoms in total. The van der Waals surface area contributed by atoms with E-state index in [-0.39, 0.29) is 23.1 Å². The third-order valence-corrected chi connectivity index (χ3v) is 2.71. The topological polar surface area (TPSA) is 52.6 Å². The van der Waals surface area contributed by atoms with E-state index in [1.807, 2.05) is 27.7 Å². The number of carbonyl (C=O) groups is 2. The third-order valence-electron chi connectivity index (χ3n) is 2.71. The van der Waals surface area contributed by atoms with E-state index in [4.69, 9.17) is 9.47 Å². The van der Waals surface area contributed by atoms with Crippen molar-refractivity contribution in [1.82, 2.24) is 0 Å². The summed E-state index contributed by atoms with van der Waals surface area (Å²) >= 11 is 0. The molecule has 0 saturated heterocycles. The average molecular weight is 292 g/mol. The second-order valence-corrected chi connectivity index (χ2v) is 6.24. The van der Waals surface area contributed by atoms with Crippen molar-refractivity contribution in [2.75, 3.05) is 0 Å². The zero-order valence-electron chi connectivity index (χ0n) is 13.3. The summed E-state index contributed by atoms with van der Waals surface area (Å²) in [6.07, 6.45) is 2.37. The first-order valence-corrected chi connectivity index (χ1v) is 7.32. The highest BCUT2D eigenvalue weighted by molar-refractivity contribution is 5.76. The Morgan fingerprint density at radius 3 is 2.00 bits per heavy atom. The molecule has 0 fully saturated rings. The number of rotatable bonds is 6. The lowest BCUT2D eigenvalue weighted by atomic mass is 9.92. The molecule has 0 aromatic heterocycles. The molecule has 0 aliphatic rings. The van der Waals surface area contributed by atoms with Crippen molar-refractivity contribution in [2.24, 2.45) is 5.41 Å². The standard InChI is InChI=1S/C17H24O4/c1-5-6-11-15(18)20-13-9-7-8-10-14(13)21-16(19)12-17(2,3)4/h7-10H,5-6,11-12H2,1-4H3. The smallest absolute Gasteiger partial charge is 0.311 e. The first-order valence-electron chi connectivity index (χ1n) is 7.32. The third kappa shape index (κ3) is 6.93. The van der Waals surface area contributed by atoms with Gasteiger partial charge in [0.1, 0.15) is 0 Å². The van der Waals surface area contributed by atoms with Crippen LogP contribution in [0, 0.1) is 5.41 Å². The largest absolute Gasteiger partial charge is 0.423 e. The van der Waals surface area contributed by atoms with Gasteiger partial charge in [-0.25, -0.2) is 0 Å². The molecule has 0 N–H and O–H groups in total. The zero-order chi connectivity index (χ0) is 15.9. The van der Waals surface area contributed by atoms with E-state index < -0.39 is 0 Å². The lowest BCUT2D eigenvalue weighted by Crippen LogP contribution is -2.18.